The predicted octanol–water partition coefficient (Wildman–Crippen LogP) is 2.38. The first-order chi connectivity index (χ1) is 12.7. The molecule has 0 saturated carbocycles. The van der Waals surface area contributed by atoms with Crippen molar-refractivity contribution in [2.45, 2.75) is 13.0 Å². The summed E-state index contributed by atoms with van der Waals surface area (Å²) in [7, 11) is 3.53. The van der Waals surface area contributed by atoms with Crippen LogP contribution in [0.2, 0.25) is 0 Å². The number of aryl methyl sites for hydroxylation is 3. The monoisotopic (exact) mass is 349 g/mol. The van der Waals surface area contributed by atoms with Crippen LogP contribution >= 0.6 is 0 Å². The predicted molar refractivity (Wildman–Crippen MR) is 99.3 cm³/mol. The SMILES string of the molecule is COc1ccc2cc(-c3nccn3CCc3ccnn3C)c(=O)[nH]c2c1. The molecular weight excluding hydrogens is 330 g/mol. The summed E-state index contributed by atoms with van der Waals surface area (Å²) < 4.78 is 9.06. The molecule has 3 heterocycles. The number of hydrogen-bond acceptors (Lipinski definition) is 4. The zero-order valence-corrected chi connectivity index (χ0v) is 14.6. The molecule has 3 aromatic heterocycles. The first-order valence-corrected chi connectivity index (χ1v) is 8.35. The second kappa shape index (κ2) is 6.51. The number of pyridine rings is 1. The quantitative estimate of drug-likeness (QED) is 0.600. The first kappa shape index (κ1) is 16.1. The number of aromatic nitrogens is 5. The summed E-state index contributed by atoms with van der Waals surface area (Å²) in [5.41, 5.74) is 2.26. The summed E-state index contributed by atoms with van der Waals surface area (Å²) in [5, 5.41) is 5.12. The van der Waals surface area contributed by atoms with Crippen molar-refractivity contribution >= 4 is 10.9 Å². The summed E-state index contributed by atoms with van der Waals surface area (Å²) in [5.74, 6) is 1.37. The third-order valence-electron chi connectivity index (χ3n) is 4.54. The van der Waals surface area contributed by atoms with Gasteiger partial charge in [-0.3, -0.25) is 9.48 Å². The van der Waals surface area contributed by atoms with Crippen LogP contribution in [0.15, 0.2) is 53.7 Å². The summed E-state index contributed by atoms with van der Waals surface area (Å²) >= 11 is 0. The molecule has 1 N–H and O–H groups in total. The summed E-state index contributed by atoms with van der Waals surface area (Å²) in [6.45, 7) is 0.717. The number of nitrogens with one attached hydrogen (secondary N) is 1. The van der Waals surface area contributed by atoms with Gasteiger partial charge in [0.15, 0.2) is 0 Å². The Bertz CT molecular complexity index is 1120. The fourth-order valence-electron chi connectivity index (χ4n) is 3.09. The zero-order chi connectivity index (χ0) is 18.1. The number of nitrogens with zero attached hydrogens (tertiary/aromatic N) is 4. The molecule has 0 radical (unpaired) electrons. The van der Waals surface area contributed by atoms with Crippen LogP contribution in [0.1, 0.15) is 5.69 Å². The van der Waals surface area contributed by atoms with Crippen molar-refractivity contribution in [1.29, 1.82) is 0 Å². The minimum absolute atomic E-state index is 0.168. The molecule has 7 nitrogen and oxygen atoms in total. The van der Waals surface area contributed by atoms with Gasteiger partial charge >= 0.3 is 0 Å². The molecule has 7 heteroatoms. The Kier molecular flexibility index (Phi) is 4.04. The van der Waals surface area contributed by atoms with Gasteiger partial charge in [-0.05, 0) is 29.7 Å². The molecule has 0 bridgehead atoms. The van der Waals surface area contributed by atoms with E-state index in [0.717, 1.165) is 29.6 Å². The van der Waals surface area contributed by atoms with Crippen LogP contribution in [0.25, 0.3) is 22.3 Å². The van der Waals surface area contributed by atoms with Crippen molar-refractivity contribution in [2.24, 2.45) is 7.05 Å². The normalized spacial score (nSPS) is 11.2. The van der Waals surface area contributed by atoms with Crippen molar-refractivity contribution in [2.75, 3.05) is 7.11 Å². The molecule has 0 atom stereocenters. The number of hydrogen-bond donors (Lipinski definition) is 1. The fourth-order valence-corrected chi connectivity index (χ4v) is 3.09. The molecule has 0 aliphatic rings. The molecule has 26 heavy (non-hydrogen) atoms. The van der Waals surface area contributed by atoms with Gasteiger partial charge < -0.3 is 14.3 Å². The lowest BCUT2D eigenvalue weighted by atomic mass is 10.1. The van der Waals surface area contributed by atoms with Gasteiger partial charge in [-0.25, -0.2) is 4.98 Å². The molecule has 0 fully saturated rings. The Hall–Kier alpha value is -3.35. The number of aromatic amines is 1. The molecule has 0 saturated heterocycles. The number of methoxy groups -OCH3 is 1. The average molecular weight is 349 g/mol. The van der Waals surface area contributed by atoms with E-state index < -0.39 is 0 Å². The number of imidazole rings is 1. The van der Waals surface area contributed by atoms with E-state index in [9.17, 15) is 4.79 Å². The average Bonchev–Trinajstić information content (AvgIpc) is 3.27. The van der Waals surface area contributed by atoms with Crippen molar-refractivity contribution < 1.29 is 4.74 Å². The molecule has 4 rings (SSSR count). The number of rotatable bonds is 5. The van der Waals surface area contributed by atoms with Gasteiger partial charge in [0.1, 0.15) is 11.6 Å². The van der Waals surface area contributed by atoms with E-state index >= 15 is 0 Å². The third kappa shape index (κ3) is 2.88. The van der Waals surface area contributed by atoms with Crippen molar-refractivity contribution in [3.63, 3.8) is 0 Å². The highest BCUT2D eigenvalue weighted by Crippen LogP contribution is 2.22. The Balaban J connectivity index is 1.70. The second-order valence-electron chi connectivity index (χ2n) is 6.11. The molecule has 0 spiro atoms. The molecule has 0 aliphatic heterocycles. The summed E-state index contributed by atoms with van der Waals surface area (Å²) in [6, 6.07) is 9.48. The Morgan fingerprint density at radius 3 is 2.85 bits per heavy atom. The molecule has 0 amide bonds. The van der Waals surface area contributed by atoms with Gasteiger partial charge in [-0.2, -0.15) is 5.10 Å². The van der Waals surface area contributed by atoms with Crippen LogP contribution in [0.4, 0.5) is 0 Å². The van der Waals surface area contributed by atoms with Crippen LogP contribution < -0.4 is 10.3 Å². The largest absolute Gasteiger partial charge is 0.497 e. The Morgan fingerprint density at radius 1 is 1.19 bits per heavy atom. The van der Waals surface area contributed by atoms with Crippen molar-refractivity contribution in [3.05, 3.63) is 65.0 Å². The molecule has 4 aromatic rings. The van der Waals surface area contributed by atoms with E-state index in [0.29, 0.717) is 17.1 Å². The van der Waals surface area contributed by atoms with Gasteiger partial charge in [0.2, 0.25) is 0 Å². The summed E-state index contributed by atoms with van der Waals surface area (Å²) in [4.78, 5) is 19.9. The Labute approximate surface area is 149 Å². The smallest absolute Gasteiger partial charge is 0.259 e. The van der Waals surface area contributed by atoms with E-state index in [1.807, 2.05) is 52.8 Å². The van der Waals surface area contributed by atoms with Crippen LogP contribution in [0.5, 0.6) is 5.75 Å². The highest BCUT2D eigenvalue weighted by Gasteiger charge is 2.12. The zero-order valence-electron chi connectivity index (χ0n) is 14.6. The molecular formula is C19H19N5O2. The molecule has 1 aromatic carbocycles. The van der Waals surface area contributed by atoms with E-state index in [2.05, 4.69) is 15.1 Å². The second-order valence-corrected chi connectivity index (χ2v) is 6.11. The van der Waals surface area contributed by atoms with Gasteiger partial charge in [0, 0.05) is 50.4 Å². The van der Waals surface area contributed by atoms with E-state index in [1.54, 1.807) is 19.5 Å². The minimum Gasteiger partial charge on any atom is -0.497 e. The molecule has 0 unspecified atom stereocenters. The lowest BCUT2D eigenvalue weighted by Crippen LogP contribution is -2.13. The number of fused-ring (bicyclic) bond motifs is 1. The van der Waals surface area contributed by atoms with Gasteiger partial charge in [0.25, 0.3) is 5.56 Å². The minimum atomic E-state index is -0.168. The van der Waals surface area contributed by atoms with Gasteiger partial charge in [-0.15, -0.1) is 0 Å². The topological polar surface area (TPSA) is 77.7 Å². The van der Waals surface area contributed by atoms with Crippen LogP contribution in [0, 0.1) is 0 Å². The lowest BCUT2D eigenvalue weighted by Gasteiger charge is -2.09. The molecule has 0 aliphatic carbocycles. The Morgan fingerprint density at radius 2 is 2.08 bits per heavy atom. The standard InChI is InChI=1S/C19H19N5O2/c1-23-14(5-7-21-23)6-9-24-10-8-20-18(24)16-11-13-3-4-15(26-2)12-17(13)22-19(16)25/h3-5,7-8,10-12H,6,9H2,1-2H3,(H,22,25). The van der Waals surface area contributed by atoms with E-state index in [1.165, 1.54) is 0 Å². The van der Waals surface area contributed by atoms with Crippen molar-refractivity contribution in [3.8, 4) is 17.1 Å². The third-order valence-corrected chi connectivity index (χ3v) is 4.54. The highest BCUT2D eigenvalue weighted by molar-refractivity contribution is 5.83. The van der Waals surface area contributed by atoms with E-state index in [4.69, 9.17) is 4.74 Å². The highest BCUT2D eigenvalue weighted by atomic mass is 16.5. The maximum atomic E-state index is 12.6. The fraction of sp³-hybridized carbons (Fsp3) is 0.211. The summed E-state index contributed by atoms with van der Waals surface area (Å²) in [6.07, 6.45) is 6.20. The van der Waals surface area contributed by atoms with Crippen molar-refractivity contribution in [1.82, 2.24) is 24.3 Å². The van der Waals surface area contributed by atoms with Gasteiger partial charge in [0.05, 0.1) is 18.2 Å². The van der Waals surface area contributed by atoms with Crippen LogP contribution in [0.3, 0.4) is 0 Å². The molecule has 132 valence electrons. The maximum Gasteiger partial charge on any atom is 0.259 e. The van der Waals surface area contributed by atoms with E-state index in [-0.39, 0.29) is 5.56 Å². The maximum absolute atomic E-state index is 12.6. The first-order valence-electron chi connectivity index (χ1n) is 8.35. The van der Waals surface area contributed by atoms with Crippen LogP contribution in [-0.4, -0.2) is 31.4 Å². The number of benzene rings is 1. The van der Waals surface area contributed by atoms with Crippen LogP contribution in [-0.2, 0) is 20.0 Å². The lowest BCUT2D eigenvalue weighted by molar-refractivity contribution is 0.415. The number of ether oxygens (including phenoxy) is 1. The van der Waals surface area contributed by atoms with Gasteiger partial charge in [-0.1, -0.05) is 0 Å². The number of H-pyrrole nitrogens is 1.